The summed E-state index contributed by atoms with van der Waals surface area (Å²) < 4.78 is 5.10. The van der Waals surface area contributed by atoms with Crippen LogP contribution in [-0.4, -0.2) is 30.2 Å². The second-order valence-corrected chi connectivity index (χ2v) is 4.51. The molecule has 0 spiro atoms. The maximum absolute atomic E-state index is 11.7. The van der Waals surface area contributed by atoms with Crippen LogP contribution in [0.3, 0.4) is 0 Å². The normalized spacial score (nSPS) is 18.2. The fourth-order valence-corrected chi connectivity index (χ4v) is 2.09. The van der Waals surface area contributed by atoms with E-state index in [-0.39, 0.29) is 11.9 Å². The Hall–Kier alpha value is -1.62. The van der Waals surface area contributed by atoms with E-state index in [1.165, 1.54) is 0 Å². The van der Waals surface area contributed by atoms with Crippen LogP contribution in [0.2, 0.25) is 0 Å². The van der Waals surface area contributed by atoms with Gasteiger partial charge in [0.05, 0.1) is 5.69 Å². The Balaban J connectivity index is 1.70. The summed E-state index contributed by atoms with van der Waals surface area (Å²) in [5.74, 6) is 0.918. The highest BCUT2D eigenvalue weighted by molar-refractivity contribution is 5.84. The van der Waals surface area contributed by atoms with Crippen molar-refractivity contribution in [2.24, 2.45) is 0 Å². The Labute approximate surface area is 107 Å². The summed E-state index contributed by atoms with van der Waals surface area (Å²) in [6, 6.07) is -0.163. The maximum atomic E-state index is 11.7. The van der Waals surface area contributed by atoms with Crippen LogP contribution in [0.1, 0.15) is 23.4 Å². The number of amides is 1. The summed E-state index contributed by atoms with van der Waals surface area (Å²) in [7, 11) is 0. The van der Waals surface area contributed by atoms with Gasteiger partial charge in [-0.05, 0) is 26.7 Å². The molecule has 0 saturated heterocycles. The molecule has 0 bridgehead atoms. The van der Waals surface area contributed by atoms with Crippen LogP contribution in [0.4, 0.5) is 0 Å². The van der Waals surface area contributed by atoms with E-state index in [0.29, 0.717) is 6.54 Å². The average molecular weight is 249 g/mol. The van der Waals surface area contributed by atoms with E-state index in [4.69, 9.17) is 4.52 Å². The molecule has 0 fully saturated rings. The third-order valence-corrected chi connectivity index (χ3v) is 3.15. The molecule has 0 aliphatic carbocycles. The number of carbonyl (C=O) groups excluding carboxylic acids is 1. The molecule has 2 heterocycles. The van der Waals surface area contributed by atoms with Gasteiger partial charge in [0.25, 0.3) is 0 Å². The van der Waals surface area contributed by atoms with E-state index in [2.05, 4.69) is 15.8 Å². The molecular formula is C13H19N3O2. The molecule has 0 saturated carbocycles. The van der Waals surface area contributed by atoms with Crippen LogP contribution in [-0.2, 0) is 11.2 Å². The van der Waals surface area contributed by atoms with E-state index in [1.54, 1.807) is 0 Å². The Morgan fingerprint density at radius 1 is 1.61 bits per heavy atom. The van der Waals surface area contributed by atoms with Crippen molar-refractivity contribution < 1.29 is 9.32 Å². The van der Waals surface area contributed by atoms with Crippen LogP contribution in [0.25, 0.3) is 0 Å². The number of hydrogen-bond donors (Lipinski definition) is 2. The maximum Gasteiger partial charge on any atom is 0.241 e. The summed E-state index contributed by atoms with van der Waals surface area (Å²) in [4.78, 5) is 11.7. The second-order valence-electron chi connectivity index (χ2n) is 4.51. The van der Waals surface area contributed by atoms with Gasteiger partial charge in [-0.25, -0.2) is 0 Å². The first-order valence-electron chi connectivity index (χ1n) is 6.28. The van der Waals surface area contributed by atoms with Crippen molar-refractivity contribution >= 4 is 5.91 Å². The molecular weight excluding hydrogens is 230 g/mol. The molecule has 1 atom stereocenters. The van der Waals surface area contributed by atoms with E-state index in [9.17, 15) is 4.79 Å². The van der Waals surface area contributed by atoms with Gasteiger partial charge in [0.1, 0.15) is 11.8 Å². The van der Waals surface area contributed by atoms with Crippen molar-refractivity contribution in [2.45, 2.75) is 32.7 Å². The van der Waals surface area contributed by atoms with Crippen molar-refractivity contribution in [3.05, 3.63) is 29.2 Å². The monoisotopic (exact) mass is 249 g/mol. The fraction of sp³-hybridized carbons (Fsp3) is 0.538. The Morgan fingerprint density at radius 3 is 3.06 bits per heavy atom. The number of carbonyl (C=O) groups is 1. The van der Waals surface area contributed by atoms with E-state index in [0.717, 1.165) is 36.4 Å². The van der Waals surface area contributed by atoms with Gasteiger partial charge in [0.15, 0.2) is 0 Å². The molecule has 2 N–H and O–H groups in total. The minimum absolute atomic E-state index is 0.0440. The summed E-state index contributed by atoms with van der Waals surface area (Å²) in [6.07, 6.45) is 5.64. The highest BCUT2D eigenvalue weighted by Crippen LogP contribution is 2.13. The first-order chi connectivity index (χ1) is 8.68. The summed E-state index contributed by atoms with van der Waals surface area (Å²) in [5.41, 5.74) is 2.10. The largest absolute Gasteiger partial charge is 0.361 e. The SMILES string of the molecule is Cc1noc(C)c1CCCNC(=O)[C@H]1C=CCN1. The predicted octanol–water partition coefficient (Wildman–Crippen LogP) is 0.868. The molecule has 1 aliphatic heterocycles. The van der Waals surface area contributed by atoms with Crippen LogP contribution >= 0.6 is 0 Å². The third-order valence-electron chi connectivity index (χ3n) is 3.15. The van der Waals surface area contributed by atoms with E-state index in [1.807, 2.05) is 26.0 Å². The predicted molar refractivity (Wildman–Crippen MR) is 68.2 cm³/mol. The van der Waals surface area contributed by atoms with E-state index >= 15 is 0 Å². The lowest BCUT2D eigenvalue weighted by Gasteiger charge is -2.09. The number of aryl methyl sites for hydroxylation is 2. The zero-order valence-electron chi connectivity index (χ0n) is 10.8. The zero-order chi connectivity index (χ0) is 13.0. The highest BCUT2D eigenvalue weighted by atomic mass is 16.5. The van der Waals surface area contributed by atoms with Crippen molar-refractivity contribution in [1.29, 1.82) is 0 Å². The Bertz CT molecular complexity index is 432. The van der Waals surface area contributed by atoms with Gasteiger partial charge >= 0.3 is 0 Å². The number of hydrogen-bond acceptors (Lipinski definition) is 4. The molecule has 5 nitrogen and oxygen atoms in total. The molecule has 0 unspecified atom stereocenters. The van der Waals surface area contributed by atoms with Crippen LogP contribution in [0, 0.1) is 13.8 Å². The smallest absolute Gasteiger partial charge is 0.241 e. The standard InChI is InChI=1S/C13H19N3O2/c1-9-11(10(2)18-16-9)5-3-8-15-13(17)12-6-4-7-14-12/h4,6,12,14H,3,5,7-8H2,1-2H3,(H,15,17)/t12-/m1/s1. The molecule has 1 aromatic heterocycles. The van der Waals surface area contributed by atoms with Gasteiger partial charge in [-0.3, -0.25) is 10.1 Å². The van der Waals surface area contributed by atoms with Crippen LogP contribution < -0.4 is 10.6 Å². The topological polar surface area (TPSA) is 67.2 Å². The fourth-order valence-electron chi connectivity index (χ4n) is 2.09. The molecule has 1 aliphatic rings. The van der Waals surface area contributed by atoms with Crippen LogP contribution in [0.5, 0.6) is 0 Å². The third kappa shape index (κ3) is 2.98. The van der Waals surface area contributed by atoms with Crippen molar-refractivity contribution in [1.82, 2.24) is 15.8 Å². The van der Waals surface area contributed by atoms with Gasteiger partial charge in [0, 0.05) is 18.7 Å². The molecule has 2 rings (SSSR count). The van der Waals surface area contributed by atoms with Gasteiger partial charge in [-0.1, -0.05) is 17.3 Å². The van der Waals surface area contributed by atoms with Crippen molar-refractivity contribution in [3.8, 4) is 0 Å². The van der Waals surface area contributed by atoms with E-state index < -0.39 is 0 Å². The first kappa shape index (κ1) is 12.8. The average Bonchev–Trinajstić information content (AvgIpc) is 2.97. The number of rotatable bonds is 5. The molecule has 0 radical (unpaired) electrons. The quantitative estimate of drug-likeness (QED) is 0.600. The number of nitrogens with zero attached hydrogens (tertiary/aromatic N) is 1. The molecule has 1 aromatic rings. The van der Waals surface area contributed by atoms with Crippen molar-refractivity contribution in [3.63, 3.8) is 0 Å². The summed E-state index contributed by atoms with van der Waals surface area (Å²) in [5, 5.41) is 9.91. The molecule has 18 heavy (non-hydrogen) atoms. The molecule has 0 aromatic carbocycles. The van der Waals surface area contributed by atoms with Crippen molar-refractivity contribution in [2.75, 3.05) is 13.1 Å². The summed E-state index contributed by atoms with van der Waals surface area (Å²) >= 11 is 0. The van der Waals surface area contributed by atoms with Gasteiger partial charge in [-0.15, -0.1) is 0 Å². The van der Waals surface area contributed by atoms with Crippen LogP contribution in [0.15, 0.2) is 16.7 Å². The van der Waals surface area contributed by atoms with Gasteiger partial charge in [0.2, 0.25) is 5.91 Å². The molecule has 1 amide bonds. The minimum atomic E-state index is -0.163. The minimum Gasteiger partial charge on any atom is -0.361 e. The lowest BCUT2D eigenvalue weighted by molar-refractivity contribution is -0.121. The number of aromatic nitrogens is 1. The lowest BCUT2D eigenvalue weighted by Crippen LogP contribution is -2.40. The molecule has 98 valence electrons. The number of nitrogens with one attached hydrogen (secondary N) is 2. The second kappa shape index (κ2) is 5.82. The zero-order valence-corrected chi connectivity index (χ0v) is 10.8. The Morgan fingerprint density at radius 2 is 2.44 bits per heavy atom. The Kier molecular flexibility index (Phi) is 4.15. The highest BCUT2D eigenvalue weighted by Gasteiger charge is 2.16. The molecule has 5 heteroatoms. The van der Waals surface area contributed by atoms with Gasteiger partial charge in [-0.2, -0.15) is 0 Å². The summed E-state index contributed by atoms with van der Waals surface area (Å²) in [6.45, 7) is 5.31. The van der Waals surface area contributed by atoms with Gasteiger partial charge < -0.3 is 9.84 Å². The lowest BCUT2D eigenvalue weighted by atomic mass is 10.1. The first-order valence-corrected chi connectivity index (χ1v) is 6.28.